The van der Waals surface area contributed by atoms with Gasteiger partial charge in [-0.2, -0.15) is 0 Å². The van der Waals surface area contributed by atoms with Crippen LogP contribution in [0.25, 0.3) is 6.08 Å². The highest BCUT2D eigenvalue weighted by Crippen LogP contribution is 2.28. The van der Waals surface area contributed by atoms with Crippen LogP contribution in [0.4, 0.5) is 5.69 Å². The van der Waals surface area contributed by atoms with Crippen LogP contribution in [0, 0.1) is 0 Å². The lowest BCUT2D eigenvalue weighted by Gasteiger charge is -2.14. The van der Waals surface area contributed by atoms with E-state index in [4.69, 9.17) is 49.0 Å². The molecule has 0 saturated heterocycles. The Morgan fingerprint density at radius 2 is 1.69 bits per heavy atom. The van der Waals surface area contributed by atoms with Crippen LogP contribution >= 0.6 is 34.8 Å². The number of benzene rings is 3. The predicted octanol–water partition coefficient (Wildman–Crippen LogP) is 6.82. The molecule has 1 atom stereocenters. The molecule has 6 nitrogen and oxygen atoms in total. The summed E-state index contributed by atoms with van der Waals surface area (Å²) in [6, 6.07) is 17.1. The maximum atomic E-state index is 12.4. The van der Waals surface area contributed by atoms with Crippen LogP contribution in [0.2, 0.25) is 15.1 Å². The summed E-state index contributed by atoms with van der Waals surface area (Å²) in [6.07, 6.45) is 1.77. The van der Waals surface area contributed by atoms with Crippen molar-refractivity contribution in [1.82, 2.24) is 0 Å². The van der Waals surface area contributed by atoms with Crippen LogP contribution in [-0.2, 0) is 20.9 Å². The molecule has 0 aliphatic heterocycles. The van der Waals surface area contributed by atoms with E-state index in [1.54, 1.807) is 66.7 Å². The van der Waals surface area contributed by atoms with Crippen LogP contribution in [0.1, 0.15) is 18.1 Å². The fraction of sp³-hybridized carbons (Fsp3) is 0.154. The number of carbonyl (C=O) groups is 2. The van der Waals surface area contributed by atoms with Crippen molar-refractivity contribution >= 4 is 58.4 Å². The van der Waals surface area contributed by atoms with Gasteiger partial charge in [0.25, 0.3) is 5.91 Å². The minimum atomic E-state index is -1.04. The number of halogens is 3. The monoisotopic (exact) mass is 533 g/mol. The second-order valence-corrected chi connectivity index (χ2v) is 8.56. The maximum absolute atomic E-state index is 12.4. The van der Waals surface area contributed by atoms with Crippen LogP contribution in [-0.4, -0.2) is 25.1 Å². The van der Waals surface area contributed by atoms with E-state index in [1.165, 1.54) is 20.1 Å². The molecule has 0 radical (unpaired) electrons. The molecule has 35 heavy (non-hydrogen) atoms. The molecule has 1 amide bonds. The van der Waals surface area contributed by atoms with Crippen LogP contribution in [0.3, 0.4) is 0 Å². The molecule has 182 valence electrons. The van der Waals surface area contributed by atoms with Gasteiger partial charge in [-0.1, -0.05) is 53.0 Å². The fourth-order valence-corrected chi connectivity index (χ4v) is 3.62. The minimum Gasteiger partial charge on any atom is -0.495 e. The molecular formula is C26H22Cl3NO5. The molecule has 0 aliphatic rings. The summed E-state index contributed by atoms with van der Waals surface area (Å²) in [4.78, 5) is 24.6. The number of amides is 1. The van der Waals surface area contributed by atoms with Gasteiger partial charge in [-0.05, 0) is 61.0 Å². The molecule has 1 N–H and O–H groups in total. The van der Waals surface area contributed by atoms with Crippen molar-refractivity contribution in [1.29, 1.82) is 0 Å². The predicted molar refractivity (Wildman–Crippen MR) is 138 cm³/mol. The first-order valence-corrected chi connectivity index (χ1v) is 11.6. The van der Waals surface area contributed by atoms with E-state index in [0.717, 1.165) is 5.56 Å². The van der Waals surface area contributed by atoms with Crippen molar-refractivity contribution in [2.75, 3.05) is 12.4 Å². The van der Waals surface area contributed by atoms with Gasteiger partial charge >= 0.3 is 5.97 Å². The van der Waals surface area contributed by atoms with Crippen molar-refractivity contribution < 1.29 is 23.8 Å². The van der Waals surface area contributed by atoms with Crippen molar-refractivity contribution in [2.24, 2.45) is 0 Å². The van der Waals surface area contributed by atoms with Crippen molar-refractivity contribution in [2.45, 2.75) is 19.6 Å². The Balaban J connectivity index is 1.52. The first kappa shape index (κ1) is 26.4. The molecule has 0 fully saturated rings. The zero-order chi connectivity index (χ0) is 25.4. The average Bonchev–Trinajstić information content (AvgIpc) is 2.83. The highest BCUT2D eigenvalue weighted by atomic mass is 35.5. The van der Waals surface area contributed by atoms with E-state index < -0.39 is 18.0 Å². The van der Waals surface area contributed by atoms with Gasteiger partial charge in [0.2, 0.25) is 0 Å². The summed E-state index contributed by atoms with van der Waals surface area (Å²) in [5, 5.41) is 4.13. The summed E-state index contributed by atoms with van der Waals surface area (Å²) < 4.78 is 16.1. The topological polar surface area (TPSA) is 73.9 Å². The fourth-order valence-electron chi connectivity index (χ4n) is 2.94. The molecule has 9 heteroatoms. The second kappa shape index (κ2) is 12.5. The van der Waals surface area contributed by atoms with Crippen molar-refractivity contribution in [3.8, 4) is 11.5 Å². The Hall–Kier alpha value is -3.19. The minimum absolute atomic E-state index is 0.223. The van der Waals surface area contributed by atoms with E-state index in [9.17, 15) is 9.59 Å². The van der Waals surface area contributed by atoms with Gasteiger partial charge in [-0.15, -0.1) is 0 Å². The van der Waals surface area contributed by atoms with E-state index >= 15 is 0 Å². The van der Waals surface area contributed by atoms with Gasteiger partial charge in [0.05, 0.1) is 12.8 Å². The van der Waals surface area contributed by atoms with Gasteiger partial charge in [0, 0.05) is 26.7 Å². The number of hydrogen-bond acceptors (Lipinski definition) is 5. The molecule has 0 aliphatic carbocycles. The third kappa shape index (κ3) is 7.65. The molecule has 0 bridgehead atoms. The Bertz CT molecular complexity index is 1210. The summed E-state index contributed by atoms with van der Waals surface area (Å²) in [7, 11) is 1.47. The first-order valence-electron chi connectivity index (χ1n) is 10.5. The van der Waals surface area contributed by atoms with E-state index in [-0.39, 0.29) is 6.61 Å². The number of carbonyl (C=O) groups excluding carboxylic acids is 2. The SMILES string of the molecule is COc1ccc(Cl)cc1NC(=O)C(C)OC(=O)C=Cc1ccc(OCc2c(Cl)cccc2Cl)cc1. The highest BCUT2D eigenvalue weighted by Gasteiger charge is 2.18. The van der Waals surface area contributed by atoms with E-state index in [1.807, 2.05) is 0 Å². The number of hydrogen-bond donors (Lipinski definition) is 1. The zero-order valence-electron chi connectivity index (χ0n) is 18.9. The lowest BCUT2D eigenvalue weighted by atomic mass is 10.2. The van der Waals surface area contributed by atoms with Crippen molar-refractivity contribution in [3.05, 3.63) is 92.9 Å². The quantitative estimate of drug-likeness (QED) is 0.241. The number of nitrogens with one attached hydrogen (secondary N) is 1. The summed E-state index contributed by atoms with van der Waals surface area (Å²) in [5.74, 6) is -0.141. The summed E-state index contributed by atoms with van der Waals surface area (Å²) >= 11 is 18.3. The molecule has 3 rings (SSSR count). The summed E-state index contributed by atoms with van der Waals surface area (Å²) in [6.45, 7) is 1.69. The lowest BCUT2D eigenvalue weighted by molar-refractivity contribution is -0.148. The smallest absolute Gasteiger partial charge is 0.331 e. The number of rotatable bonds is 9. The van der Waals surface area contributed by atoms with Crippen LogP contribution in [0.5, 0.6) is 11.5 Å². The third-order valence-corrected chi connectivity index (χ3v) is 5.76. The molecule has 0 aromatic heterocycles. The van der Waals surface area contributed by atoms with Gasteiger partial charge in [0.1, 0.15) is 18.1 Å². The maximum Gasteiger partial charge on any atom is 0.331 e. The van der Waals surface area contributed by atoms with E-state index in [0.29, 0.717) is 37.8 Å². The molecule has 0 heterocycles. The zero-order valence-corrected chi connectivity index (χ0v) is 21.2. The Morgan fingerprint density at radius 3 is 2.34 bits per heavy atom. The van der Waals surface area contributed by atoms with Gasteiger partial charge in [-0.25, -0.2) is 4.79 Å². The van der Waals surface area contributed by atoms with Gasteiger partial charge in [-0.3, -0.25) is 4.79 Å². The second-order valence-electron chi connectivity index (χ2n) is 7.30. The van der Waals surface area contributed by atoms with Crippen molar-refractivity contribution in [3.63, 3.8) is 0 Å². The Labute approximate surface area is 218 Å². The average molecular weight is 535 g/mol. The highest BCUT2D eigenvalue weighted by molar-refractivity contribution is 6.36. The summed E-state index contributed by atoms with van der Waals surface area (Å²) in [5.41, 5.74) is 1.82. The normalized spacial score (nSPS) is 11.7. The van der Waals surface area contributed by atoms with Gasteiger partial charge in [0.15, 0.2) is 6.10 Å². The van der Waals surface area contributed by atoms with Crippen LogP contribution < -0.4 is 14.8 Å². The number of anilines is 1. The molecule has 1 unspecified atom stereocenters. The lowest BCUT2D eigenvalue weighted by Crippen LogP contribution is -2.29. The number of esters is 1. The number of ether oxygens (including phenoxy) is 3. The first-order chi connectivity index (χ1) is 16.8. The molecular weight excluding hydrogens is 513 g/mol. The largest absolute Gasteiger partial charge is 0.495 e. The molecule has 0 spiro atoms. The van der Waals surface area contributed by atoms with Crippen LogP contribution in [0.15, 0.2) is 66.7 Å². The number of methoxy groups -OCH3 is 1. The molecule has 3 aromatic rings. The van der Waals surface area contributed by atoms with Gasteiger partial charge < -0.3 is 19.5 Å². The standard InChI is InChI=1S/C26H22Cl3NO5/c1-16(26(32)30-23-14-18(27)9-12-24(23)33-2)35-25(31)13-8-17-6-10-19(11-7-17)34-15-20-21(28)4-3-5-22(20)29/h3-14,16H,15H2,1-2H3,(H,30,32). The third-order valence-electron chi connectivity index (χ3n) is 4.82. The molecule has 0 saturated carbocycles. The van der Waals surface area contributed by atoms with E-state index in [2.05, 4.69) is 5.32 Å². The Kier molecular flexibility index (Phi) is 9.43. The molecule has 3 aromatic carbocycles. The Morgan fingerprint density at radius 1 is 1.00 bits per heavy atom.